The summed E-state index contributed by atoms with van der Waals surface area (Å²) >= 11 is 23.4. The second-order valence-corrected chi connectivity index (χ2v) is 6.95. The largest absolute Gasteiger partial charge is 0.480 e. The van der Waals surface area contributed by atoms with Crippen LogP contribution >= 0.6 is 46.4 Å². The maximum atomic E-state index is 11.8. The molecule has 9 heteroatoms. The number of halogens is 4. The number of carbonyl (C=O) groups is 2. The normalized spacial score (nSPS) is 10.2. The number of amides is 1. The fraction of sp³-hybridized carbons (Fsp3) is 0.100. The van der Waals surface area contributed by atoms with E-state index in [4.69, 9.17) is 55.9 Å². The Bertz CT molecular complexity index is 996. The molecule has 2 aromatic rings. The van der Waals surface area contributed by atoms with Crippen LogP contribution in [0.5, 0.6) is 5.75 Å². The van der Waals surface area contributed by atoms with Crippen LogP contribution in [0.25, 0.3) is 0 Å². The lowest BCUT2D eigenvalue weighted by Crippen LogP contribution is -2.15. The third-order valence-electron chi connectivity index (χ3n) is 3.15. The predicted molar refractivity (Wildman–Crippen MR) is 115 cm³/mol. The number of ether oxygens (including phenoxy) is 2. The van der Waals surface area contributed by atoms with Gasteiger partial charge in [0.1, 0.15) is 5.75 Å². The van der Waals surface area contributed by atoms with Crippen molar-refractivity contribution in [1.82, 2.24) is 0 Å². The fourth-order valence-corrected chi connectivity index (χ4v) is 2.62. The van der Waals surface area contributed by atoms with Gasteiger partial charge in [0.25, 0.3) is 0 Å². The molecule has 0 aliphatic rings. The molecule has 150 valence electrons. The Morgan fingerprint density at radius 1 is 1.00 bits per heavy atom. The first kappa shape index (κ1) is 22.9. The molecule has 0 aliphatic carbocycles. The first-order valence-electron chi connectivity index (χ1n) is 7.99. The zero-order valence-corrected chi connectivity index (χ0v) is 17.7. The van der Waals surface area contributed by atoms with Crippen molar-refractivity contribution in [1.29, 1.82) is 0 Å². The minimum Gasteiger partial charge on any atom is -0.480 e. The van der Waals surface area contributed by atoms with Gasteiger partial charge in [-0.3, -0.25) is 4.79 Å². The van der Waals surface area contributed by atoms with Crippen molar-refractivity contribution in [2.24, 2.45) is 0 Å². The number of carbonyl (C=O) groups excluding carboxylic acids is 2. The molecule has 0 bridgehead atoms. The Morgan fingerprint density at radius 2 is 1.79 bits per heavy atom. The summed E-state index contributed by atoms with van der Waals surface area (Å²) in [6.45, 7) is -0.486. The molecule has 0 aliphatic heterocycles. The molecule has 29 heavy (non-hydrogen) atoms. The Kier molecular flexibility index (Phi) is 9.17. The standard InChI is InChI=1S/C20H13Cl4NO4/c21-13-5-8-18(17(24)10-13)29-12-20(27)28-9-3-1-2-4-19(26)25-14-6-7-15(22)16(23)11-14/h2,4-8,10-11H,9,12H2,(H,25,26)/b4-2+. The van der Waals surface area contributed by atoms with Crippen LogP contribution in [-0.2, 0) is 14.3 Å². The zero-order chi connectivity index (χ0) is 21.2. The van der Waals surface area contributed by atoms with Crippen LogP contribution < -0.4 is 10.1 Å². The van der Waals surface area contributed by atoms with Crippen LogP contribution in [0.1, 0.15) is 0 Å². The van der Waals surface area contributed by atoms with Crippen molar-refractivity contribution in [2.75, 3.05) is 18.5 Å². The molecule has 5 nitrogen and oxygen atoms in total. The van der Waals surface area contributed by atoms with E-state index in [1.165, 1.54) is 24.3 Å². The van der Waals surface area contributed by atoms with Gasteiger partial charge in [-0.1, -0.05) is 58.2 Å². The summed E-state index contributed by atoms with van der Waals surface area (Å²) in [5.74, 6) is 4.44. The number of esters is 1. The molecule has 0 fully saturated rings. The van der Waals surface area contributed by atoms with Crippen molar-refractivity contribution in [3.63, 3.8) is 0 Å². The summed E-state index contributed by atoms with van der Waals surface area (Å²) < 4.78 is 10.1. The first-order valence-corrected chi connectivity index (χ1v) is 9.51. The van der Waals surface area contributed by atoms with Crippen molar-refractivity contribution in [2.45, 2.75) is 0 Å². The smallest absolute Gasteiger partial charge is 0.345 e. The van der Waals surface area contributed by atoms with Gasteiger partial charge in [-0.25, -0.2) is 4.79 Å². The van der Waals surface area contributed by atoms with E-state index in [1.54, 1.807) is 24.3 Å². The van der Waals surface area contributed by atoms with Crippen molar-refractivity contribution in [3.05, 3.63) is 68.6 Å². The molecule has 0 saturated heterocycles. The SMILES string of the molecule is O=C(/C=C/C#CCOC(=O)COc1ccc(Cl)cc1Cl)Nc1ccc(Cl)c(Cl)c1. The summed E-state index contributed by atoms with van der Waals surface area (Å²) in [5.41, 5.74) is 0.497. The average molecular weight is 473 g/mol. The van der Waals surface area contributed by atoms with E-state index in [1.807, 2.05) is 0 Å². The molecule has 1 amide bonds. The Hall–Kier alpha value is -2.36. The lowest BCUT2D eigenvalue weighted by molar-refractivity contribution is -0.144. The van der Waals surface area contributed by atoms with E-state index in [2.05, 4.69) is 17.2 Å². The Morgan fingerprint density at radius 3 is 2.52 bits per heavy atom. The highest BCUT2D eigenvalue weighted by atomic mass is 35.5. The van der Waals surface area contributed by atoms with Gasteiger partial charge >= 0.3 is 5.97 Å². The molecular formula is C20H13Cl4NO4. The molecule has 1 N–H and O–H groups in total. The van der Waals surface area contributed by atoms with Gasteiger partial charge in [-0.15, -0.1) is 0 Å². The summed E-state index contributed by atoms with van der Waals surface area (Å²) in [6, 6.07) is 9.35. The Labute approximate surface area is 187 Å². The lowest BCUT2D eigenvalue weighted by Gasteiger charge is -2.07. The van der Waals surface area contributed by atoms with Gasteiger partial charge in [0.05, 0.1) is 15.1 Å². The van der Waals surface area contributed by atoms with Crippen LogP contribution in [0.15, 0.2) is 48.6 Å². The maximum Gasteiger partial charge on any atom is 0.345 e. The van der Waals surface area contributed by atoms with Gasteiger partial charge in [-0.2, -0.15) is 0 Å². The number of hydrogen-bond donors (Lipinski definition) is 1. The Balaban J connectivity index is 1.70. The first-order chi connectivity index (χ1) is 13.8. The number of benzene rings is 2. The third-order valence-corrected chi connectivity index (χ3v) is 4.42. The predicted octanol–water partition coefficient (Wildman–Crippen LogP) is 5.42. The van der Waals surface area contributed by atoms with Gasteiger partial charge in [0.15, 0.2) is 13.2 Å². The quantitative estimate of drug-likeness (QED) is 0.346. The topological polar surface area (TPSA) is 64.6 Å². The van der Waals surface area contributed by atoms with E-state index >= 15 is 0 Å². The number of hydrogen-bond acceptors (Lipinski definition) is 4. The van der Waals surface area contributed by atoms with E-state index in [9.17, 15) is 9.59 Å². The number of allylic oxidation sites excluding steroid dienone is 1. The summed E-state index contributed by atoms with van der Waals surface area (Å²) in [7, 11) is 0. The minimum absolute atomic E-state index is 0.157. The zero-order valence-electron chi connectivity index (χ0n) is 14.7. The fourth-order valence-electron chi connectivity index (χ4n) is 1.86. The number of rotatable bonds is 6. The molecule has 0 saturated carbocycles. The van der Waals surface area contributed by atoms with Crippen LogP contribution in [0, 0.1) is 11.8 Å². The lowest BCUT2D eigenvalue weighted by atomic mass is 10.3. The monoisotopic (exact) mass is 471 g/mol. The van der Waals surface area contributed by atoms with E-state index in [0.29, 0.717) is 26.5 Å². The van der Waals surface area contributed by atoms with Gasteiger partial charge < -0.3 is 14.8 Å². The number of nitrogens with one attached hydrogen (secondary N) is 1. The molecule has 0 unspecified atom stereocenters. The molecule has 0 spiro atoms. The van der Waals surface area contributed by atoms with Crippen LogP contribution in [0.4, 0.5) is 5.69 Å². The highest BCUT2D eigenvalue weighted by Gasteiger charge is 2.07. The highest BCUT2D eigenvalue weighted by molar-refractivity contribution is 6.42. The average Bonchev–Trinajstić information content (AvgIpc) is 2.66. The van der Waals surface area contributed by atoms with Gasteiger partial charge in [0.2, 0.25) is 5.91 Å². The molecule has 0 heterocycles. The minimum atomic E-state index is -0.619. The van der Waals surface area contributed by atoms with Crippen molar-refractivity contribution >= 4 is 64.0 Å². The van der Waals surface area contributed by atoms with E-state index in [-0.39, 0.29) is 18.2 Å². The molecular weight excluding hydrogens is 460 g/mol. The van der Waals surface area contributed by atoms with Gasteiger partial charge in [-0.05, 0) is 42.5 Å². The second kappa shape index (κ2) is 11.6. The summed E-state index contributed by atoms with van der Waals surface area (Å²) in [5, 5.41) is 4.07. The van der Waals surface area contributed by atoms with Crippen LogP contribution in [0.2, 0.25) is 20.1 Å². The van der Waals surface area contributed by atoms with Crippen molar-refractivity contribution < 1.29 is 19.1 Å². The maximum absolute atomic E-state index is 11.8. The van der Waals surface area contributed by atoms with Crippen LogP contribution in [0.3, 0.4) is 0 Å². The molecule has 0 atom stereocenters. The second-order valence-electron chi connectivity index (χ2n) is 5.30. The molecule has 0 aromatic heterocycles. The van der Waals surface area contributed by atoms with E-state index < -0.39 is 11.9 Å². The third kappa shape index (κ3) is 8.26. The van der Waals surface area contributed by atoms with Crippen molar-refractivity contribution in [3.8, 4) is 17.6 Å². The molecule has 2 rings (SSSR count). The van der Waals surface area contributed by atoms with Crippen LogP contribution in [-0.4, -0.2) is 25.1 Å². The highest BCUT2D eigenvalue weighted by Crippen LogP contribution is 2.27. The summed E-state index contributed by atoms with van der Waals surface area (Å²) in [4.78, 5) is 23.4. The molecule has 2 aromatic carbocycles. The van der Waals surface area contributed by atoms with E-state index in [0.717, 1.165) is 0 Å². The number of anilines is 1. The van der Waals surface area contributed by atoms with Gasteiger partial charge in [0, 0.05) is 16.8 Å². The molecule has 0 radical (unpaired) electrons. The summed E-state index contributed by atoms with van der Waals surface area (Å²) in [6.07, 6.45) is 2.55.